The lowest BCUT2D eigenvalue weighted by Gasteiger charge is -2.10. The van der Waals surface area contributed by atoms with Gasteiger partial charge in [0.1, 0.15) is 0 Å². The molecule has 0 saturated carbocycles. The number of hydrogen-bond acceptors (Lipinski definition) is 6. The molecule has 3 heterocycles. The van der Waals surface area contributed by atoms with Crippen molar-refractivity contribution in [2.75, 3.05) is 5.43 Å². The summed E-state index contributed by atoms with van der Waals surface area (Å²) in [5.74, 6) is 0.339. The Bertz CT molecular complexity index is 1330. The lowest BCUT2D eigenvalue weighted by Crippen LogP contribution is -2.37. The first-order valence-corrected chi connectivity index (χ1v) is 9.95. The average Bonchev–Trinajstić information content (AvgIpc) is 3.35. The van der Waals surface area contributed by atoms with Crippen LogP contribution in [0.25, 0.3) is 11.2 Å². The molecule has 0 aliphatic heterocycles. The van der Waals surface area contributed by atoms with Gasteiger partial charge in [-0.05, 0) is 23.1 Å². The topological polar surface area (TPSA) is 86.2 Å². The van der Waals surface area contributed by atoms with Crippen molar-refractivity contribution in [3.8, 4) is 0 Å². The molecule has 4 rings (SSSR count). The third kappa shape index (κ3) is 3.50. The van der Waals surface area contributed by atoms with Gasteiger partial charge in [0.2, 0.25) is 5.95 Å². The molecular weight excluding hydrogens is 412 g/mol. The van der Waals surface area contributed by atoms with Crippen LogP contribution in [0.1, 0.15) is 10.4 Å². The largest absolute Gasteiger partial charge is 0.332 e. The van der Waals surface area contributed by atoms with E-state index in [1.807, 2.05) is 35.7 Å². The van der Waals surface area contributed by atoms with Gasteiger partial charge < -0.3 is 0 Å². The number of aromatic nitrogens is 4. The third-order valence-corrected chi connectivity index (χ3v) is 5.71. The van der Waals surface area contributed by atoms with Gasteiger partial charge in [0.25, 0.3) is 5.56 Å². The predicted octanol–water partition coefficient (Wildman–Crippen LogP) is 2.64. The van der Waals surface area contributed by atoms with Gasteiger partial charge in [0, 0.05) is 24.0 Å². The maximum Gasteiger partial charge on any atom is 0.332 e. The van der Waals surface area contributed by atoms with Crippen LogP contribution in [-0.2, 0) is 20.6 Å². The second-order valence-corrected chi connectivity index (χ2v) is 7.76. The Morgan fingerprint density at radius 3 is 2.69 bits per heavy atom. The zero-order valence-corrected chi connectivity index (χ0v) is 17.2. The van der Waals surface area contributed by atoms with Crippen LogP contribution in [0, 0.1) is 0 Å². The molecule has 8 nitrogen and oxygen atoms in total. The number of imidazole rings is 1. The van der Waals surface area contributed by atoms with Gasteiger partial charge in [0.05, 0.1) is 12.8 Å². The predicted molar refractivity (Wildman–Crippen MR) is 116 cm³/mol. The van der Waals surface area contributed by atoms with Crippen LogP contribution >= 0.6 is 22.9 Å². The summed E-state index contributed by atoms with van der Waals surface area (Å²) in [5, 5.41) is 6.76. The van der Waals surface area contributed by atoms with Gasteiger partial charge in [-0.25, -0.2) is 10.2 Å². The summed E-state index contributed by atoms with van der Waals surface area (Å²) in [6.45, 7) is 0.292. The molecule has 0 unspecified atom stereocenters. The number of rotatable bonds is 5. The van der Waals surface area contributed by atoms with E-state index in [4.69, 9.17) is 11.6 Å². The standard InChI is InChI=1S/C19H17ClN6O2S/c1-24-16-15(17(27)25(2)19(24)28)26(11-12-6-3-4-8-14(12)20)18(22-16)23-21-10-13-7-5-9-29-13/h3-10H,11H2,1-2H3,(H,22,23)/b21-10+. The number of nitrogens with one attached hydrogen (secondary N) is 1. The van der Waals surface area contributed by atoms with Crippen LogP contribution in [0.15, 0.2) is 56.5 Å². The van der Waals surface area contributed by atoms with E-state index in [1.54, 1.807) is 35.2 Å². The lowest BCUT2D eigenvalue weighted by atomic mass is 10.2. The van der Waals surface area contributed by atoms with Crippen molar-refractivity contribution in [3.63, 3.8) is 0 Å². The first-order valence-electron chi connectivity index (χ1n) is 8.69. The molecule has 0 saturated heterocycles. The lowest BCUT2D eigenvalue weighted by molar-refractivity contribution is 0.702. The molecule has 1 aromatic carbocycles. The zero-order chi connectivity index (χ0) is 20.5. The summed E-state index contributed by atoms with van der Waals surface area (Å²) in [7, 11) is 3.02. The molecule has 0 amide bonds. The van der Waals surface area contributed by atoms with Gasteiger partial charge >= 0.3 is 5.69 Å². The molecule has 10 heteroatoms. The van der Waals surface area contributed by atoms with Crippen molar-refractivity contribution in [3.05, 3.63) is 78.1 Å². The first-order chi connectivity index (χ1) is 14.0. The highest BCUT2D eigenvalue weighted by atomic mass is 35.5. The van der Waals surface area contributed by atoms with Crippen LogP contribution in [0.2, 0.25) is 5.02 Å². The van der Waals surface area contributed by atoms with Crippen molar-refractivity contribution in [1.82, 2.24) is 18.7 Å². The summed E-state index contributed by atoms with van der Waals surface area (Å²) >= 11 is 7.87. The normalized spacial score (nSPS) is 11.6. The van der Waals surface area contributed by atoms with E-state index >= 15 is 0 Å². The molecule has 0 aliphatic carbocycles. The Morgan fingerprint density at radius 2 is 1.97 bits per heavy atom. The number of fused-ring (bicyclic) bond motifs is 1. The number of halogens is 1. The maximum atomic E-state index is 12.9. The smallest absolute Gasteiger partial charge is 0.298 e. The van der Waals surface area contributed by atoms with Crippen molar-refractivity contribution in [2.24, 2.45) is 19.2 Å². The van der Waals surface area contributed by atoms with Gasteiger partial charge in [-0.1, -0.05) is 35.9 Å². The minimum Gasteiger partial charge on any atom is -0.298 e. The summed E-state index contributed by atoms with van der Waals surface area (Å²) in [5.41, 5.74) is 3.40. The number of benzene rings is 1. The van der Waals surface area contributed by atoms with E-state index in [9.17, 15) is 9.59 Å². The minimum atomic E-state index is -0.446. The molecule has 0 fully saturated rings. The van der Waals surface area contributed by atoms with Crippen LogP contribution in [0.3, 0.4) is 0 Å². The maximum absolute atomic E-state index is 12.9. The Balaban J connectivity index is 1.88. The van der Waals surface area contributed by atoms with Gasteiger partial charge in [-0.15, -0.1) is 11.3 Å². The van der Waals surface area contributed by atoms with E-state index < -0.39 is 11.2 Å². The second kappa shape index (κ2) is 7.69. The SMILES string of the molecule is Cn1c(=O)c2c(nc(N/N=C/c3cccs3)n2Cc2ccccc2Cl)n(C)c1=O. The third-order valence-electron chi connectivity index (χ3n) is 4.53. The van der Waals surface area contributed by atoms with Gasteiger partial charge in [-0.3, -0.25) is 18.5 Å². The second-order valence-electron chi connectivity index (χ2n) is 6.38. The zero-order valence-electron chi connectivity index (χ0n) is 15.7. The van der Waals surface area contributed by atoms with E-state index in [2.05, 4.69) is 15.5 Å². The highest BCUT2D eigenvalue weighted by Crippen LogP contribution is 2.22. The monoisotopic (exact) mass is 428 g/mol. The molecule has 0 bridgehead atoms. The number of anilines is 1. The number of nitrogens with zero attached hydrogens (tertiary/aromatic N) is 5. The fraction of sp³-hybridized carbons (Fsp3) is 0.158. The van der Waals surface area contributed by atoms with Crippen molar-refractivity contribution in [2.45, 2.75) is 6.54 Å². The van der Waals surface area contributed by atoms with Crippen LogP contribution in [-0.4, -0.2) is 24.9 Å². The summed E-state index contributed by atoms with van der Waals surface area (Å²) in [6, 6.07) is 11.2. The molecule has 0 spiro atoms. The molecule has 0 atom stereocenters. The van der Waals surface area contributed by atoms with Crippen molar-refractivity contribution >= 4 is 46.3 Å². The Morgan fingerprint density at radius 1 is 1.17 bits per heavy atom. The van der Waals surface area contributed by atoms with Crippen LogP contribution < -0.4 is 16.7 Å². The molecule has 148 valence electrons. The highest BCUT2D eigenvalue weighted by Gasteiger charge is 2.19. The molecule has 4 aromatic rings. The molecule has 0 radical (unpaired) electrons. The van der Waals surface area contributed by atoms with E-state index in [0.717, 1.165) is 15.0 Å². The summed E-state index contributed by atoms with van der Waals surface area (Å²) in [6.07, 6.45) is 1.67. The number of thiophene rings is 1. The Labute approximate surface area is 174 Å². The van der Waals surface area contributed by atoms with Crippen molar-refractivity contribution < 1.29 is 0 Å². The minimum absolute atomic E-state index is 0.277. The quantitative estimate of drug-likeness (QED) is 0.391. The highest BCUT2D eigenvalue weighted by molar-refractivity contribution is 7.11. The first kappa shape index (κ1) is 19.2. The molecule has 29 heavy (non-hydrogen) atoms. The van der Waals surface area contributed by atoms with E-state index in [0.29, 0.717) is 23.0 Å². The van der Waals surface area contributed by atoms with Gasteiger partial charge in [0.15, 0.2) is 11.2 Å². The fourth-order valence-electron chi connectivity index (χ4n) is 3.00. The Hall–Kier alpha value is -3.17. The Kier molecular flexibility index (Phi) is 5.08. The fourth-order valence-corrected chi connectivity index (χ4v) is 3.78. The van der Waals surface area contributed by atoms with Crippen LogP contribution in [0.4, 0.5) is 5.95 Å². The van der Waals surface area contributed by atoms with Crippen LogP contribution in [0.5, 0.6) is 0 Å². The van der Waals surface area contributed by atoms with E-state index in [1.165, 1.54) is 11.6 Å². The van der Waals surface area contributed by atoms with E-state index in [-0.39, 0.29) is 5.65 Å². The molecule has 0 aliphatic rings. The number of hydrazone groups is 1. The molecule has 3 aromatic heterocycles. The van der Waals surface area contributed by atoms with Crippen molar-refractivity contribution in [1.29, 1.82) is 0 Å². The molecular formula is C19H17ClN6O2S. The van der Waals surface area contributed by atoms with Gasteiger partial charge in [-0.2, -0.15) is 10.1 Å². The average molecular weight is 429 g/mol. The molecule has 1 N–H and O–H groups in total. The summed E-state index contributed by atoms with van der Waals surface area (Å²) in [4.78, 5) is 30.6. The summed E-state index contributed by atoms with van der Waals surface area (Å²) < 4.78 is 4.09. The number of hydrogen-bond donors (Lipinski definition) is 1. The number of aryl methyl sites for hydroxylation is 1.